The number of benzene rings is 2. The lowest BCUT2D eigenvalue weighted by Crippen LogP contribution is -2.47. The Kier molecular flexibility index (Phi) is 5.43. The molecule has 7 nitrogen and oxygen atoms in total. The number of ether oxygens (including phenoxy) is 2. The molecule has 4 rings (SSSR count). The number of likely N-dealkylation sites (tertiary alicyclic amines) is 1. The van der Waals surface area contributed by atoms with Crippen molar-refractivity contribution in [3.8, 4) is 11.5 Å². The molecule has 0 unspecified atom stereocenters. The summed E-state index contributed by atoms with van der Waals surface area (Å²) >= 11 is 0. The molecule has 1 fully saturated rings. The second kappa shape index (κ2) is 8.31. The number of carbonyl (C=O) groups is 2. The van der Waals surface area contributed by atoms with Crippen molar-refractivity contribution in [2.75, 3.05) is 25.2 Å². The molecule has 0 aromatic heterocycles. The molecular formula is C21H23N3O4. The molecule has 0 aliphatic carbocycles. The van der Waals surface area contributed by atoms with Gasteiger partial charge in [-0.2, -0.15) is 0 Å². The maximum atomic E-state index is 12.2. The largest absolute Gasteiger partial charge is 0.454 e. The van der Waals surface area contributed by atoms with Crippen LogP contribution in [0.4, 0.5) is 5.69 Å². The van der Waals surface area contributed by atoms with Crippen molar-refractivity contribution < 1.29 is 19.1 Å². The van der Waals surface area contributed by atoms with Crippen LogP contribution >= 0.6 is 0 Å². The van der Waals surface area contributed by atoms with Gasteiger partial charge in [-0.1, -0.05) is 30.3 Å². The fraction of sp³-hybridized carbons (Fsp3) is 0.333. The molecule has 2 N–H and O–H groups in total. The third kappa shape index (κ3) is 4.43. The van der Waals surface area contributed by atoms with Crippen LogP contribution in [0.2, 0.25) is 0 Å². The maximum Gasteiger partial charge on any atom is 0.313 e. The van der Waals surface area contributed by atoms with Crippen LogP contribution in [0.3, 0.4) is 0 Å². The predicted octanol–water partition coefficient (Wildman–Crippen LogP) is 2.13. The van der Waals surface area contributed by atoms with E-state index in [1.54, 1.807) is 18.2 Å². The fourth-order valence-corrected chi connectivity index (χ4v) is 3.49. The van der Waals surface area contributed by atoms with Crippen molar-refractivity contribution >= 4 is 17.5 Å². The standard InChI is InChI=1S/C21H23N3O4/c25-20(21(26)23-17-6-7-18-19(12-17)28-14-27-18)22-16-8-10-24(11-9-16)13-15-4-2-1-3-5-15/h1-7,12,16H,8-11,13-14H2,(H,22,25)(H,23,26). The van der Waals surface area contributed by atoms with Crippen LogP contribution in [-0.2, 0) is 16.1 Å². The van der Waals surface area contributed by atoms with Crippen LogP contribution in [0.25, 0.3) is 0 Å². The molecular weight excluding hydrogens is 358 g/mol. The lowest BCUT2D eigenvalue weighted by molar-refractivity contribution is -0.136. The third-order valence-corrected chi connectivity index (χ3v) is 5.01. The lowest BCUT2D eigenvalue weighted by atomic mass is 10.0. The van der Waals surface area contributed by atoms with Gasteiger partial charge in [0.25, 0.3) is 0 Å². The summed E-state index contributed by atoms with van der Waals surface area (Å²) in [6, 6.07) is 15.4. The Morgan fingerprint density at radius 3 is 2.50 bits per heavy atom. The Labute approximate surface area is 163 Å². The van der Waals surface area contributed by atoms with Crippen molar-refractivity contribution in [1.82, 2.24) is 10.2 Å². The topological polar surface area (TPSA) is 79.9 Å². The average molecular weight is 381 g/mol. The first-order valence-electron chi connectivity index (χ1n) is 9.45. The van der Waals surface area contributed by atoms with Gasteiger partial charge in [-0.3, -0.25) is 14.5 Å². The van der Waals surface area contributed by atoms with Gasteiger partial charge in [0.15, 0.2) is 11.5 Å². The number of fused-ring (bicyclic) bond motifs is 1. The van der Waals surface area contributed by atoms with E-state index in [0.717, 1.165) is 32.5 Å². The Hall–Kier alpha value is -3.06. The summed E-state index contributed by atoms with van der Waals surface area (Å²) in [5, 5.41) is 5.45. The van der Waals surface area contributed by atoms with E-state index in [0.29, 0.717) is 17.2 Å². The first-order chi connectivity index (χ1) is 13.7. The normalized spacial score (nSPS) is 16.6. The van der Waals surface area contributed by atoms with Crippen LogP contribution in [0.1, 0.15) is 18.4 Å². The van der Waals surface area contributed by atoms with Gasteiger partial charge in [-0.05, 0) is 30.5 Å². The molecule has 28 heavy (non-hydrogen) atoms. The smallest absolute Gasteiger partial charge is 0.313 e. The minimum atomic E-state index is -0.675. The van der Waals surface area contributed by atoms with Gasteiger partial charge in [0, 0.05) is 37.4 Å². The number of anilines is 1. The molecule has 2 aliphatic rings. The first kappa shape index (κ1) is 18.3. The summed E-state index contributed by atoms with van der Waals surface area (Å²) in [6.07, 6.45) is 1.66. The number of amides is 2. The van der Waals surface area contributed by atoms with Crippen LogP contribution < -0.4 is 20.1 Å². The van der Waals surface area contributed by atoms with Crippen LogP contribution in [0.15, 0.2) is 48.5 Å². The highest BCUT2D eigenvalue weighted by Gasteiger charge is 2.24. The molecule has 2 heterocycles. The fourth-order valence-electron chi connectivity index (χ4n) is 3.49. The maximum absolute atomic E-state index is 12.2. The highest BCUT2D eigenvalue weighted by Crippen LogP contribution is 2.34. The Bertz CT molecular complexity index is 848. The Morgan fingerprint density at radius 1 is 0.964 bits per heavy atom. The van der Waals surface area contributed by atoms with E-state index in [1.807, 2.05) is 18.2 Å². The van der Waals surface area contributed by atoms with E-state index in [1.165, 1.54) is 5.56 Å². The first-order valence-corrected chi connectivity index (χ1v) is 9.45. The summed E-state index contributed by atoms with van der Waals surface area (Å²) in [6.45, 7) is 2.86. The van der Waals surface area contributed by atoms with E-state index in [-0.39, 0.29) is 12.8 Å². The van der Waals surface area contributed by atoms with E-state index in [9.17, 15) is 9.59 Å². The van der Waals surface area contributed by atoms with Crippen molar-refractivity contribution in [1.29, 1.82) is 0 Å². The quantitative estimate of drug-likeness (QED) is 0.794. The van der Waals surface area contributed by atoms with E-state index >= 15 is 0 Å². The number of nitrogens with one attached hydrogen (secondary N) is 2. The molecule has 0 saturated carbocycles. The Balaban J connectivity index is 1.23. The number of nitrogens with zero attached hydrogens (tertiary/aromatic N) is 1. The molecule has 0 atom stereocenters. The molecule has 0 spiro atoms. The lowest BCUT2D eigenvalue weighted by Gasteiger charge is -2.32. The van der Waals surface area contributed by atoms with Crippen molar-refractivity contribution in [2.24, 2.45) is 0 Å². The summed E-state index contributed by atoms with van der Waals surface area (Å²) in [4.78, 5) is 26.8. The van der Waals surface area contributed by atoms with Crippen molar-refractivity contribution in [2.45, 2.75) is 25.4 Å². The molecule has 1 saturated heterocycles. The monoisotopic (exact) mass is 381 g/mol. The zero-order chi connectivity index (χ0) is 19.3. The third-order valence-electron chi connectivity index (χ3n) is 5.01. The highest BCUT2D eigenvalue weighted by molar-refractivity contribution is 6.39. The van der Waals surface area contributed by atoms with Gasteiger partial charge in [-0.15, -0.1) is 0 Å². The van der Waals surface area contributed by atoms with Gasteiger partial charge in [0.2, 0.25) is 6.79 Å². The molecule has 2 aromatic rings. The van der Waals surface area contributed by atoms with E-state index < -0.39 is 11.8 Å². The summed E-state index contributed by atoms with van der Waals surface area (Å²) in [5.41, 5.74) is 1.79. The van der Waals surface area contributed by atoms with E-state index in [4.69, 9.17) is 9.47 Å². The van der Waals surface area contributed by atoms with Gasteiger partial charge in [0.1, 0.15) is 0 Å². The molecule has 146 valence electrons. The minimum Gasteiger partial charge on any atom is -0.454 e. The number of hydrogen-bond acceptors (Lipinski definition) is 5. The van der Waals surface area contributed by atoms with Crippen molar-refractivity contribution in [3.63, 3.8) is 0 Å². The molecule has 2 aliphatic heterocycles. The highest BCUT2D eigenvalue weighted by atomic mass is 16.7. The Morgan fingerprint density at radius 2 is 1.71 bits per heavy atom. The number of hydrogen-bond donors (Lipinski definition) is 2. The predicted molar refractivity (Wildman–Crippen MR) is 104 cm³/mol. The SMILES string of the molecule is O=C(Nc1ccc2c(c1)OCO2)C(=O)NC1CCN(Cc2ccccc2)CC1. The molecule has 7 heteroatoms. The minimum absolute atomic E-state index is 0.0158. The van der Waals surface area contributed by atoms with E-state index in [2.05, 4.69) is 27.7 Å². The summed E-state index contributed by atoms with van der Waals surface area (Å²) in [7, 11) is 0. The second-order valence-corrected chi connectivity index (χ2v) is 7.03. The number of rotatable bonds is 4. The van der Waals surface area contributed by atoms with Gasteiger partial charge in [0.05, 0.1) is 0 Å². The molecule has 0 bridgehead atoms. The van der Waals surface area contributed by atoms with Crippen molar-refractivity contribution in [3.05, 3.63) is 54.1 Å². The number of carbonyl (C=O) groups excluding carboxylic acids is 2. The molecule has 2 amide bonds. The van der Waals surface area contributed by atoms with Gasteiger partial charge >= 0.3 is 11.8 Å². The zero-order valence-corrected chi connectivity index (χ0v) is 15.5. The summed E-state index contributed by atoms with van der Waals surface area (Å²) in [5.74, 6) is -0.0986. The summed E-state index contributed by atoms with van der Waals surface area (Å²) < 4.78 is 10.5. The van der Waals surface area contributed by atoms with Crippen LogP contribution in [0, 0.1) is 0 Å². The molecule has 0 radical (unpaired) electrons. The number of piperidine rings is 1. The zero-order valence-electron chi connectivity index (χ0n) is 15.5. The van der Waals surface area contributed by atoms with Gasteiger partial charge in [-0.25, -0.2) is 0 Å². The van der Waals surface area contributed by atoms with Gasteiger partial charge < -0.3 is 20.1 Å². The van der Waals surface area contributed by atoms with Crippen LogP contribution in [0.5, 0.6) is 11.5 Å². The second-order valence-electron chi connectivity index (χ2n) is 7.03. The average Bonchev–Trinajstić information content (AvgIpc) is 3.18. The molecule has 2 aromatic carbocycles. The van der Waals surface area contributed by atoms with Crippen LogP contribution in [-0.4, -0.2) is 42.6 Å².